The molecule has 1 aromatic carbocycles. The number of ether oxygens (including phenoxy) is 1. The molecule has 1 amide bonds. The first-order valence-corrected chi connectivity index (χ1v) is 8.49. The number of amides is 1. The molecule has 1 unspecified atom stereocenters. The topological polar surface area (TPSA) is 86.1 Å². The molecule has 1 N–H and O–H groups in total. The number of benzene rings is 1. The van der Waals surface area contributed by atoms with Crippen molar-refractivity contribution in [2.24, 2.45) is 0 Å². The number of hydrogen-bond donors (Lipinski definition) is 1. The van der Waals surface area contributed by atoms with Gasteiger partial charge in [-0.05, 0) is 42.8 Å². The van der Waals surface area contributed by atoms with E-state index in [4.69, 9.17) is 4.74 Å². The zero-order valence-corrected chi connectivity index (χ0v) is 15.1. The van der Waals surface area contributed by atoms with Crippen LogP contribution in [0.15, 0.2) is 65.7 Å². The van der Waals surface area contributed by atoms with Gasteiger partial charge in [0.25, 0.3) is 5.56 Å². The maximum Gasteiger partial charge on any atom is 0.267 e. The van der Waals surface area contributed by atoms with Crippen molar-refractivity contribution in [3.05, 3.63) is 76.8 Å². The van der Waals surface area contributed by atoms with Crippen LogP contribution in [-0.2, 0) is 11.3 Å². The minimum Gasteiger partial charge on any atom is -0.497 e. The Bertz CT molecular complexity index is 969. The summed E-state index contributed by atoms with van der Waals surface area (Å²) >= 11 is 0. The van der Waals surface area contributed by atoms with Gasteiger partial charge >= 0.3 is 0 Å². The number of methoxy groups -OCH3 is 1. The van der Waals surface area contributed by atoms with Crippen LogP contribution in [0.1, 0.15) is 18.5 Å². The molecule has 0 spiro atoms. The molecule has 27 heavy (non-hydrogen) atoms. The molecule has 3 aromatic rings. The van der Waals surface area contributed by atoms with E-state index >= 15 is 0 Å². The molecule has 0 saturated heterocycles. The number of pyridine rings is 1. The minimum absolute atomic E-state index is 0.288. The van der Waals surface area contributed by atoms with Crippen molar-refractivity contribution in [2.75, 3.05) is 7.11 Å². The third-order valence-corrected chi connectivity index (χ3v) is 4.15. The normalized spacial score (nSPS) is 11.6. The van der Waals surface area contributed by atoms with Crippen LogP contribution < -0.4 is 15.6 Å². The van der Waals surface area contributed by atoms with Gasteiger partial charge in [-0.3, -0.25) is 14.6 Å². The Hall–Kier alpha value is -3.48. The predicted octanol–water partition coefficient (Wildman–Crippen LogP) is 2.19. The Labute approximate surface area is 156 Å². The number of rotatable bonds is 6. The molecule has 0 aliphatic carbocycles. The zero-order chi connectivity index (χ0) is 19.2. The summed E-state index contributed by atoms with van der Waals surface area (Å²) in [5.41, 5.74) is 1.95. The minimum atomic E-state index is -0.743. The Morgan fingerprint density at radius 3 is 2.63 bits per heavy atom. The summed E-state index contributed by atoms with van der Waals surface area (Å²) in [6.07, 6.45) is 3.32. The van der Waals surface area contributed by atoms with E-state index in [2.05, 4.69) is 15.4 Å². The van der Waals surface area contributed by atoms with Gasteiger partial charge < -0.3 is 10.1 Å². The van der Waals surface area contributed by atoms with E-state index in [0.717, 1.165) is 16.9 Å². The van der Waals surface area contributed by atoms with E-state index in [1.54, 1.807) is 38.6 Å². The van der Waals surface area contributed by atoms with Crippen LogP contribution in [-0.4, -0.2) is 27.8 Å². The highest BCUT2D eigenvalue weighted by Gasteiger charge is 2.18. The molecule has 7 heteroatoms. The van der Waals surface area contributed by atoms with Crippen molar-refractivity contribution in [2.45, 2.75) is 19.5 Å². The van der Waals surface area contributed by atoms with E-state index < -0.39 is 6.04 Å². The molecule has 0 radical (unpaired) electrons. The second kappa shape index (κ2) is 8.27. The third kappa shape index (κ3) is 4.38. The van der Waals surface area contributed by atoms with Gasteiger partial charge in [-0.2, -0.15) is 5.10 Å². The summed E-state index contributed by atoms with van der Waals surface area (Å²) in [5, 5.41) is 7.16. The number of carbonyl (C=O) groups excluding carboxylic acids is 1. The summed E-state index contributed by atoms with van der Waals surface area (Å²) in [5.74, 6) is 0.463. The van der Waals surface area contributed by atoms with Crippen molar-refractivity contribution in [3.8, 4) is 17.0 Å². The summed E-state index contributed by atoms with van der Waals surface area (Å²) in [6.45, 7) is 2.00. The van der Waals surface area contributed by atoms with Crippen LogP contribution in [0.25, 0.3) is 11.3 Å². The summed E-state index contributed by atoms with van der Waals surface area (Å²) in [6, 6.07) is 13.3. The fourth-order valence-electron chi connectivity index (χ4n) is 2.56. The number of nitrogens with one attached hydrogen (secondary N) is 1. The fourth-order valence-corrected chi connectivity index (χ4v) is 2.56. The van der Waals surface area contributed by atoms with Crippen LogP contribution in [0.3, 0.4) is 0 Å². The standard InChI is InChI=1S/C20H20N4O3/c1-14(20(26)22-12-15-5-7-17(27-2)8-6-15)24-19(25)10-9-18(23-24)16-4-3-11-21-13-16/h3-11,13-14H,12H2,1-2H3,(H,22,26). The lowest BCUT2D eigenvalue weighted by Gasteiger charge is -2.15. The molecule has 2 heterocycles. The second-order valence-electron chi connectivity index (χ2n) is 5.98. The van der Waals surface area contributed by atoms with Gasteiger partial charge in [-0.1, -0.05) is 12.1 Å². The lowest BCUT2D eigenvalue weighted by Crippen LogP contribution is -2.36. The van der Waals surface area contributed by atoms with Crippen molar-refractivity contribution in [1.82, 2.24) is 20.1 Å². The zero-order valence-electron chi connectivity index (χ0n) is 15.1. The largest absolute Gasteiger partial charge is 0.497 e. The Morgan fingerprint density at radius 2 is 1.96 bits per heavy atom. The number of aromatic nitrogens is 3. The predicted molar refractivity (Wildman–Crippen MR) is 101 cm³/mol. The Kier molecular flexibility index (Phi) is 5.61. The van der Waals surface area contributed by atoms with E-state index in [9.17, 15) is 9.59 Å². The van der Waals surface area contributed by atoms with Gasteiger partial charge in [0.15, 0.2) is 0 Å². The van der Waals surface area contributed by atoms with Crippen LogP contribution >= 0.6 is 0 Å². The van der Waals surface area contributed by atoms with Gasteiger partial charge in [0.1, 0.15) is 11.8 Å². The van der Waals surface area contributed by atoms with Gasteiger partial charge in [0.05, 0.1) is 12.8 Å². The first-order valence-electron chi connectivity index (χ1n) is 8.49. The summed E-state index contributed by atoms with van der Waals surface area (Å²) < 4.78 is 6.30. The third-order valence-electron chi connectivity index (χ3n) is 4.15. The lowest BCUT2D eigenvalue weighted by atomic mass is 10.2. The average molecular weight is 364 g/mol. The van der Waals surface area contributed by atoms with Gasteiger partial charge in [0, 0.05) is 30.6 Å². The van der Waals surface area contributed by atoms with E-state index in [0.29, 0.717) is 12.2 Å². The number of carbonyl (C=O) groups is 1. The number of nitrogens with zero attached hydrogens (tertiary/aromatic N) is 3. The molecule has 0 saturated carbocycles. The number of hydrogen-bond acceptors (Lipinski definition) is 5. The second-order valence-corrected chi connectivity index (χ2v) is 5.98. The molecular weight excluding hydrogens is 344 g/mol. The van der Waals surface area contributed by atoms with Crippen LogP contribution in [0.2, 0.25) is 0 Å². The van der Waals surface area contributed by atoms with Gasteiger partial charge in [0.2, 0.25) is 5.91 Å². The van der Waals surface area contributed by atoms with E-state index in [1.807, 2.05) is 30.3 Å². The van der Waals surface area contributed by atoms with Gasteiger partial charge in [-0.15, -0.1) is 0 Å². The molecule has 1 atom stereocenters. The van der Waals surface area contributed by atoms with Gasteiger partial charge in [-0.25, -0.2) is 4.68 Å². The average Bonchev–Trinajstić information content (AvgIpc) is 2.73. The highest BCUT2D eigenvalue weighted by atomic mass is 16.5. The van der Waals surface area contributed by atoms with Crippen molar-refractivity contribution < 1.29 is 9.53 Å². The molecule has 0 bridgehead atoms. The smallest absolute Gasteiger partial charge is 0.267 e. The molecule has 0 aliphatic heterocycles. The molecule has 138 valence electrons. The maximum atomic E-state index is 12.5. The van der Waals surface area contributed by atoms with Crippen molar-refractivity contribution in [3.63, 3.8) is 0 Å². The monoisotopic (exact) mass is 364 g/mol. The van der Waals surface area contributed by atoms with Crippen LogP contribution in [0, 0.1) is 0 Å². The molecule has 0 aliphatic rings. The fraction of sp³-hybridized carbons (Fsp3) is 0.200. The van der Waals surface area contributed by atoms with E-state index in [-0.39, 0.29) is 11.5 Å². The quantitative estimate of drug-likeness (QED) is 0.725. The lowest BCUT2D eigenvalue weighted by molar-refractivity contribution is -0.124. The first-order chi connectivity index (χ1) is 13.1. The van der Waals surface area contributed by atoms with Crippen LogP contribution in [0.5, 0.6) is 5.75 Å². The molecule has 0 fully saturated rings. The Morgan fingerprint density at radius 1 is 1.19 bits per heavy atom. The SMILES string of the molecule is COc1ccc(CNC(=O)C(C)n2nc(-c3cccnc3)ccc2=O)cc1. The molecule has 7 nitrogen and oxygen atoms in total. The van der Waals surface area contributed by atoms with E-state index in [1.165, 1.54) is 10.7 Å². The highest BCUT2D eigenvalue weighted by Crippen LogP contribution is 2.14. The Balaban J connectivity index is 1.73. The molecule has 2 aromatic heterocycles. The van der Waals surface area contributed by atoms with Crippen molar-refractivity contribution >= 4 is 5.91 Å². The summed E-state index contributed by atoms with van der Waals surface area (Å²) in [7, 11) is 1.60. The summed E-state index contributed by atoms with van der Waals surface area (Å²) in [4.78, 5) is 28.7. The maximum absolute atomic E-state index is 12.5. The molecular formula is C20H20N4O3. The van der Waals surface area contributed by atoms with Crippen LogP contribution in [0.4, 0.5) is 0 Å². The highest BCUT2D eigenvalue weighted by molar-refractivity contribution is 5.79. The molecule has 3 rings (SSSR count). The van der Waals surface area contributed by atoms with Crippen molar-refractivity contribution in [1.29, 1.82) is 0 Å². The first kappa shape index (κ1) is 18.3.